The van der Waals surface area contributed by atoms with Crippen LogP contribution in [-0.4, -0.2) is 65.4 Å². The maximum absolute atomic E-state index is 11.6. The molecule has 1 aliphatic heterocycles. The molecule has 0 saturated carbocycles. The van der Waals surface area contributed by atoms with E-state index in [1.807, 2.05) is 0 Å². The molecule has 0 spiro atoms. The first-order valence-electron chi connectivity index (χ1n) is 7.35. The Bertz CT molecular complexity index is 547. The zero-order chi connectivity index (χ0) is 16.1. The van der Waals surface area contributed by atoms with Gasteiger partial charge in [0.1, 0.15) is 6.10 Å². The average molecular weight is 306 g/mol. The first-order valence-corrected chi connectivity index (χ1v) is 7.35. The first kappa shape index (κ1) is 16.4. The second-order valence-electron chi connectivity index (χ2n) is 5.55. The predicted molar refractivity (Wildman–Crippen MR) is 80.0 cm³/mol. The quantitative estimate of drug-likeness (QED) is 0.806. The van der Waals surface area contributed by atoms with Gasteiger partial charge in [0.2, 0.25) is 11.8 Å². The summed E-state index contributed by atoms with van der Waals surface area (Å²) in [5.41, 5.74) is 1.47. The Morgan fingerprint density at radius 1 is 1.41 bits per heavy atom. The Morgan fingerprint density at radius 2 is 2.18 bits per heavy atom. The van der Waals surface area contributed by atoms with Crippen LogP contribution >= 0.6 is 0 Å². The van der Waals surface area contributed by atoms with Crippen LogP contribution < -0.4 is 0 Å². The number of morpholine rings is 1. The van der Waals surface area contributed by atoms with Crippen LogP contribution in [0.15, 0.2) is 12.4 Å². The summed E-state index contributed by atoms with van der Waals surface area (Å²) in [6, 6.07) is 0. The van der Waals surface area contributed by atoms with E-state index in [-0.39, 0.29) is 17.9 Å². The minimum Gasteiger partial charge on any atom is -0.368 e. The van der Waals surface area contributed by atoms with Crippen molar-refractivity contribution in [1.82, 2.24) is 19.8 Å². The Morgan fingerprint density at radius 3 is 2.86 bits per heavy atom. The number of aromatic nitrogens is 2. The SMILES string of the molecule is CC(=O)N1CCO[C@H](c2cncc(CCC(=O)N(C)C)n2)C1. The fourth-order valence-corrected chi connectivity index (χ4v) is 2.27. The number of rotatable bonds is 4. The van der Waals surface area contributed by atoms with E-state index in [1.165, 1.54) is 0 Å². The highest BCUT2D eigenvalue weighted by Crippen LogP contribution is 2.20. The standard InChI is InChI=1S/C15H22N4O3/c1-11(20)19-6-7-22-14(10-19)13-9-16-8-12(17-13)4-5-15(21)18(2)3/h8-9,14H,4-7,10H2,1-3H3/t14-/m0/s1. The number of carbonyl (C=O) groups is 2. The molecule has 1 aromatic rings. The smallest absolute Gasteiger partial charge is 0.222 e. The van der Waals surface area contributed by atoms with Crippen LogP contribution in [0.4, 0.5) is 0 Å². The third-order valence-electron chi connectivity index (χ3n) is 3.64. The van der Waals surface area contributed by atoms with Gasteiger partial charge in [0, 0.05) is 40.2 Å². The van der Waals surface area contributed by atoms with Crippen LogP contribution in [0.3, 0.4) is 0 Å². The molecule has 7 heteroatoms. The lowest BCUT2D eigenvalue weighted by Gasteiger charge is -2.31. The molecular formula is C15H22N4O3. The topological polar surface area (TPSA) is 75.6 Å². The molecule has 0 unspecified atom stereocenters. The van der Waals surface area contributed by atoms with Crippen molar-refractivity contribution in [3.63, 3.8) is 0 Å². The summed E-state index contributed by atoms with van der Waals surface area (Å²) >= 11 is 0. The molecule has 22 heavy (non-hydrogen) atoms. The summed E-state index contributed by atoms with van der Waals surface area (Å²) in [7, 11) is 3.47. The van der Waals surface area contributed by atoms with E-state index < -0.39 is 0 Å². The van der Waals surface area contributed by atoms with Crippen molar-refractivity contribution in [2.45, 2.75) is 25.9 Å². The number of nitrogens with zero attached hydrogens (tertiary/aromatic N) is 4. The lowest BCUT2D eigenvalue weighted by atomic mass is 10.2. The van der Waals surface area contributed by atoms with E-state index in [2.05, 4.69) is 9.97 Å². The Labute approximate surface area is 130 Å². The summed E-state index contributed by atoms with van der Waals surface area (Å²) in [4.78, 5) is 35.1. The van der Waals surface area contributed by atoms with Crippen molar-refractivity contribution < 1.29 is 14.3 Å². The third-order valence-corrected chi connectivity index (χ3v) is 3.64. The highest BCUT2D eigenvalue weighted by atomic mass is 16.5. The zero-order valence-electron chi connectivity index (χ0n) is 13.3. The maximum atomic E-state index is 11.6. The van der Waals surface area contributed by atoms with E-state index in [1.54, 1.807) is 43.2 Å². The van der Waals surface area contributed by atoms with Gasteiger partial charge in [0.05, 0.1) is 30.7 Å². The summed E-state index contributed by atoms with van der Waals surface area (Å²) in [6.45, 7) is 3.15. The molecule has 120 valence electrons. The fraction of sp³-hybridized carbons (Fsp3) is 0.600. The van der Waals surface area contributed by atoms with Crippen LogP contribution in [0.1, 0.15) is 30.8 Å². The monoisotopic (exact) mass is 306 g/mol. The minimum absolute atomic E-state index is 0.0361. The van der Waals surface area contributed by atoms with Crippen molar-refractivity contribution in [3.8, 4) is 0 Å². The molecule has 0 aromatic carbocycles. The molecule has 0 aliphatic carbocycles. The fourth-order valence-electron chi connectivity index (χ4n) is 2.27. The lowest BCUT2D eigenvalue weighted by Crippen LogP contribution is -2.41. The molecule has 0 bridgehead atoms. The van der Waals surface area contributed by atoms with Gasteiger partial charge in [-0.1, -0.05) is 0 Å². The van der Waals surface area contributed by atoms with Crippen molar-refractivity contribution in [3.05, 3.63) is 23.8 Å². The second kappa shape index (κ2) is 7.31. The van der Waals surface area contributed by atoms with Gasteiger partial charge in [-0.3, -0.25) is 19.6 Å². The third kappa shape index (κ3) is 4.24. The van der Waals surface area contributed by atoms with Gasteiger partial charge in [-0.05, 0) is 6.42 Å². The zero-order valence-corrected chi connectivity index (χ0v) is 13.3. The van der Waals surface area contributed by atoms with Gasteiger partial charge in [0.25, 0.3) is 0 Å². The van der Waals surface area contributed by atoms with Crippen LogP contribution in [0, 0.1) is 0 Å². The Balaban J connectivity index is 2.01. The number of ether oxygens (including phenoxy) is 1. The molecule has 0 N–H and O–H groups in total. The van der Waals surface area contributed by atoms with E-state index in [9.17, 15) is 9.59 Å². The Kier molecular flexibility index (Phi) is 5.43. The van der Waals surface area contributed by atoms with Gasteiger partial charge in [0.15, 0.2) is 0 Å². The summed E-state index contributed by atoms with van der Waals surface area (Å²) in [6.07, 6.45) is 4.01. The summed E-state index contributed by atoms with van der Waals surface area (Å²) < 4.78 is 5.69. The summed E-state index contributed by atoms with van der Waals surface area (Å²) in [5.74, 6) is 0.0952. The van der Waals surface area contributed by atoms with Crippen LogP contribution in [0.2, 0.25) is 0 Å². The van der Waals surface area contributed by atoms with Gasteiger partial charge in [-0.2, -0.15) is 0 Å². The minimum atomic E-state index is -0.255. The average Bonchev–Trinajstić information content (AvgIpc) is 2.52. The van der Waals surface area contributed by atoms with Gasteiger partial charge in [-0.15, -0.1) is 0 Å². The molecule has 2 rings (SSSR count). The predicted octanol–water partition coefficient (Wildman–Crippen LogP) is 0.417. The van der Waals surface area contributed by atoms with Crippen LogP contribution in [-0.2, 0) is 20.7 Å². The highest BCUT2D eigenvalue weighted by molar-refractivity contribution is 5.75. The Hall–Kier alpha value is -2.02. The molecule has 0 radical (unpaired) electrons. The second-order valence-corrected chi connectivity index (χ2v) is 5.55. The number of carbonyl (C=O) groups excluding carboxylic acids is 2. The largest absolute Gasteiger partial charge is 0.368 e. The van der Waals surface area contributed by atoms with Crippen LogP contribution in [0.25, 0.3) is 0 Å². The molecule has 1 saturated heterocycles. The van der Waals surface area contributed by atoms with Crippen LogP contribution in [0.5, 0.6) is 0 Å². The lowest BCUT2D eigenvalue weighted by molar-refractivity contribution is -0.136. The van der Waals surface area contributed by atoms with E-state index in [0.29, 0.717) is 38.2 Å². The molecule has 7 nitrogen and oxygen atoms in total. The number of hydrogen-bond donors (Lipinski definition) is 0. The highest BCUT2D eigenvalue weighted by Gasteiger charge is 2.25. The van der Waals surface area contributed by atoms with Gasteiger partial charge >= 0.3 is 0 Å². The molecule has 2 amide bonds. The molecule has 1 aromatic heterocycles. The van der Waals surface area contributed by atoms with E-state index >= 15 is 0 Å². The van der Waals surface area contributed by atoms with E-state index in [0.717, 1.165) is 5.69 Å². The summed E-state index contributed by atoms with van der Waals surface area (Å²) in [5, 5.41) is 0. The molecule has 1 fully saturated rings. The molecule has 1 aliphatic rings. The number of aryl methyl sites for hydroxylation is 1. The van der Waals surface area contributed by atoms with Gasteiger partial charge in [-0.25, -0.2) is 0 Å². The first-order chi connectivity index (χ1) is 10.5. The van der Waals surface area contributed by atoms with Crippen molar-refractivity contribution in [2.24, 2.45) is 0 Å². The number of amides is 2. The molecular weight excluding hydrogens is 284 g/mol. The maximum Gasteiger partial charge on any atom is 0.222 e. The van der Waals surface area contributed by atoms with E-state index in [4.69, 9.17) is 4.74 Å². The van der Waals surface area contributed by atoms with Crippen molar-refractivity contribution >= 4 is 11.8 Å². The van der Waals surface area contributed by atoms with Crippen molar-refractivity contribution in [1.29, 1.82) is 0 Å². The molecule has 1 atom stereocenters. The number of hydrogen-bond acceptors (Lipinski definition) is 5. The van der Waals surface area contributed by atoms with Crippen molar-refractivity contribution in [2.75, 3.05) is 33.8 Å². The normalized spacial score (nSPS) is 18.1. The van der Waals surface area contributed by atoms with Gasteiger partial charge < -0.3 is 14.5 Å². The molecule has 2 heterocycles.